The van der Waals surface area contributed by atoms with Gasteiger partial charge in [-0.25, -0.2) is 8.42 Å². The second-order valence-electron chi connectivity index (χ2n) is 5.77. The maximum Gasteiger partial charge on any atom is 0.231 e. The molecule has 2 rings (SSSR count). The van der Waals surface area contributed by atoms with E-state index in [9.17, 15) is 13.2 Å². The van der Waals surface area contributed by atoms with E-state index in [4.69, 9.17) is 0 Å². The van der Waals surface area contributed by atoms with Crippen molar-refractivity contribution in [3.05, 3.63) is 65.7 Å². The first kappa shape index (κ1) is 18.0. The Labute approximate surface area is 143 Å². The first-order chi connectivity index (χ1) is 11.3. The second kappa shape index (κ2) is 7.49. The molecule has 0 bridgehead atoms. The molecule has 0 unspecified atom stereocenters. The topological polar surface area (TPSA) is 66.5 Å². The van der Waals surface area contributed by atoms with Gasteiger partial charge in [-0.05, 0) is 30.2 Å². The molecule has 24 heavy (non-hydrogen) atoms. The smallest absolute Gasteiger partial charge is 0.231 e. The fourth-order valence-corrected chi connectivity index (χ4v) is 2.82. The first-order valence-electron chi connectivity index (χ1n) is 7.64. The van der Waals surface area contributed by atoms with E-state index in [0.717, 1.165) is 17.4 Å². The maximum absolute atomic E-state index is 12.2. The minimum Gasteiger partial charge on any atom is -0.349 e. The summed E-state index contributed by atoms with van der Waals surface area (Å²) in [6.07, 6.45) is 1.40. The van der Waals surface area contributed by atoms with Crippen molar-refractivity contribution in [1.82, 2.24) is 5.32 Å². The predicted molar refractivity (Wildman–Crippen MR) is 96.4 cm³/mol. The van der Waals surface area contributed by atoms with Gasteiger partial charge in [-0.15, -0.1) is 0 Å². The summed E-state index contributed by atoms with van der Waals surface area (Å²) in [6, 6.07) is 16.6. The summed E-state index contributed by atoms with van der Waals surface area (Å²) in [6.45, 7) is 1.94. The molecule has 1 N–H and O–H groups in total. The van der Waals surface area contributed by atoms with Crippen LogP contribution in [0.3, 0.4) is 0 Å². The van der Waals surface area contributed by atoms with Crippen molar-refractivity contribution in [3.8, 4) is 0 Å². The highest BCUT2D eigenvalue weighted by molar-refractivity contribution is 7.92. The minimum atomic E-state index is -3.28. The fraction of sp³-hybridized carbons (Fsp3) is 0.278. The summed E-state index contributed by atoms with van der Waals surface area (Å²) in [5.41, 5.74) is 2.45. The Hall–Kier alpha value is -2.34. The third-order valence-corrected chi connectivity index (χ3v) is 5.04. The van der Waals surface area contributed by atoms with E-state index >= 15 is 0 Å². The van der Waals surface area contributed by atoms with Gasteiger partial charge in [0, 0.05) is 7.05 Å². The molecule has 2 aromatic carbocycles. The molecule has 0 spiro atoms. The van der Waals surface area contributed by atoms with Crippen LogP contribution in [0.15, 0.2) is 54.6 Å². The molecule has 1 amide bonds. The lowest BCUT2D eigenvalue weighted by Crippen LogP contribution is -2.28. The molecule has 0 fully saturated rings. The van der Waals surface area contributed by atoms with Crippen molar-refractivity contribution < 1.29 is 13.2 Å². The molecule has 0 radical (unpaired) electrons. The van der Waals surface area contributed by atoms with Crippen LogP contribution in [0.4, 0.5) is 5.69 Å². The second-order valence-corrected chi connectivity index (χ2v) is 7.79. The number of amides is 1. The molecule has 0 saturated heterocycles. The molecule has 0 aromatic heterocycles. The number of hydrogen-bond acceptors (Lipinski definition) is 3. The number of carbonyl (C=O) groups is 1. The normalized spacial score (nSPS) is 12.5. The van der Waals surface area contributed by atoms with E-state index in [0.29, 0.717) is 5.69 Å². The van der Waals surface area contributed by atoms with Gasteiger partial charge in [0.15, 0.2) is 0 Å². The Morgan fingerprint density at radius 1 is 1.08 bits per heavy atom. The molecular weight excluding hydrogens is 324 g/mol. The van der Waals surface area contributed by atoms with Crippen LogP contribution in [-0.4, -0.2) is 27.6 Å². The van der Waals surface area contributed by atoms with Crippen molar-refractivity contribution in [2.45, 2.75) is 19.4 Å². The van der Waals surface area contributed by atoms with Gasteiger partial charge in [-0.1, -0.05) is 42.5 Å². The summed E-state index contributed by atoms with van der Waals surface area (Å²) in [5.74, 6) is -0.0735. The summed E-state index contributed by atoms with van der Waals surface area (Å²) in [4.78, 5) is 12.2. The molecule has 0 heterocycles. The van der Waals surface area contributed by atoms with Gasteiger partial charge < -0.3 is 5.32 Å². The average molecular weight is 346 g/mol. The van der Waals surface area contributed by atoms with Crippen LogP contribution >= 0.6 is 0 Å². The number of benzene rings is 2. The summed E-state index contributed by atoms with van der Waals surface area (Å²) in [5, 5.41) is 2.96. The molecule has 2 aromatic rings. The Morgan fingerprint density at radius 2 is 1.67 bits per heavy atom. The fourth-order valence-electron chi connectivity index (χ4n) is 2.32. The van der Waals surface area contributed by atoms with E-state index in [-0.39, 0.29) is 18.4 Å². The van der Waals surface area contributed by atoms with Gasteiger partial charge >= 0.3 is 0 Å². The van der Waals surface area contributed by atoms with Gasteiger partial charge in [0.25, 0.3) is 0 Å². The molecule has 128 valence electrons. The molecule has 0 aliphatic rings. The number of nitrogens with zero attached hydrogens (tertiary/aromatic N) is 1. The molecule has 0 aliphatic heterocycles. The zero-order valence-corrected chi connectivity index (χ0v) is 14.9. The van der Waals surface area contributed by atoms with Gasteiger partial charge in [-0.3, -0.25) is 9.10 Å². The zero-order chi connectivity index (χ0) is 17.7. The number of rotatable bonds is 6. The molecular formula is C18H22N2O3S. The Kier molecular flexibility index (Phi) is 5.62. The highest BCUT2D eigenvalue weighted by Crippen LogP contribution is 2.17. The Morgan fingerprint density at radius 3 is 2.21 bits per heavy atom. The number of nitrogens with one attached hydrogen (secondary N) is 1. The predicted octanol–water partition coefficient (Wildman–Crippen LogP) is 2.50. The SMILES string of the molecule is C[C@@H](NC(=O)Cc1ccc(N(C)S(C)(=O)=O)cc1)c1ccccc1. The van der Waals surface area contributed by atoms with Crippen LogP contribution < -0.4 is 9.62 Å². The van der Waals surface area contributed by atoms with Crippen molar-refractivity contribution in [2.24, 2.45) is 0 Å². The molecule has 5 nitrogen and oxygen atoms in total. The monoisotopic (exact) mass is 346 g/mol. The number of anilines is 1. The van der Waals surface area contributed by atoms with Crippen molar-refractivity contribution in [2.75, 3.05) is 17.6 Å². The van der Waals surface area contributed by atoms with E-state index in [2.05, 4.69) is 5.32 Å². The van der Waals surface area contributed by atoms with E-state index < -0.39 is 10.0 Å². The van der Waals surface area contributed by atoms with Gasteiger partial charge in [0.2, 0.25) is 15.9 Å². The van der Waals surface area contributed by atoms with Crippen LogP contribution in [0, 0.1) is 0 Å². The molecule has 0 saturated carbocycles. The first-order valence-corrected chi connectivity index (χ1v) is 9.49. The number of sulfonamides is 1. The molecule has 0 aliphatic carbocycles. The lowest BCUT2D eigenvalue weighted by atomic mass is 10.1. The Balaban J connectivity index is 1.97. The van der Waals surface area contributed by atoms with Crippen molar-refractivity contribution in [1.29, 1.82) is 0 Å². The van der Waals surface area contributed by atoms with E-state index in [1.165, 1.54) is 11.4 Å². The Bertz CT molecular complexity index is 787. The van der Waals surface area contributed by atoms with Crippen LogP contribution in [0.1, 0.15) is 24.1 Å². The van der Waals surface area contributed by atoms with Crippen molar-refractivity contribution in [3.63, 3.8) is 0 Å². The average Bonchev–Trinajstić information content (AvgIpc) is 2.54. The quantitative estimate of drug-likeness (QED) is 0.874. The lowest BCUT2D eigenvalue weighted by molar-refractivity contribution is -0.121. The van der Waals surface area contributed by atoms with Crippen LogP contribution in [-0.2, 0) is 21.2 Å². The van der Waals surface area contributed by atoms with Crippen LogP contribution in [0.25, 0.3) is 0 Å². The number of carbonyl (C=O) groups excluding carboxylic acids is 1. The summed E-state index contributed by atoms with van der Waals surface area (Å²) in [7, 11) is -1.79. The van der Waals surface area contributed by atoms with Crippen LogP contribution in [0.5, 0.6) is 0 Å². The van der Waals surface area contributed by atoms with Gasteiger partial charge in [0.05, 0.1) is 24.4 Å². The van der Waals surface area contributed by atoms with Gasteiger partial charge in [-0.2, -0.15) is 0 Å². The summed E-state index contributed by atoms with van der Waals surface area (Å²) >= 11 is 0. The number of hydrogen-bond donors (Lipinski definition) is 1. The third kappa shape index (κ3) is 4.83. The highest BCUT2D eigenvalue weighted by atomic mass is 32.2. The maximum atomic E-state index is 12.2. The summed E-state index contributed by atoms with van der Waals surface area (Å²) < 4.78 is 24.2. The van der Waals surface area contributed by atoms with Crippen molar-refractivity contribution >= 4 is 21.6 Å². The highest BCUT2D eigenvalue weighted by Gasteiger charge is 2.13. The van der Waals surface area contributed by atoms with E-state index in [1.807, 2.05) is 37.3 Å². The standard InChI is InChI=1S/C18H22N2O3S/c1-14(16-7-5-4-6-8-16)19-18(21)13-15-9-11-17(12-10-15)20(2)24(3,22)23/h4-12,14H,13H2,1-3H3,(H,19,21)/t14-/m1/s1. The third-order valence-electron chi connectivity index (χ3n) is 3.84. The molecule has 6 heteroatoms. The minimum absolute atomic E-state index is 0.0608. The van der Waals surface area contributed by atoms with E-state index in [1.54, 1.807) is 24.3 Å². The lowest BCUT2D eigenvalue weighted by Gasteiger charge is -2.17. The largest absolute Gasteiger partial charge is 0.349 e. The molecule has 1 atom stereocenters. The van der Waals surface area contributed by atoms with Crippen LogP contribution in [0.2, 0.25) is 0 Å². The zero-order valence-electron chi connectivity index (χ0n) is 14.1. The van der Waals surface area contributed by atoms with Gasteiger partial charge in [0.1, 0.15) is 0 Å².